The van der Waals surface area contributed by atoms with Crippen molar-refractivity contribution in [2.24, 2.45) is 5.73 Å². The third kappa shape index (κ3) is 34.0. The molecule has 4 N–H and O–H groups in total. The summed E-state index contributed by atoms with van der Waals surface area (Å²) in [6.45, 7) is 3.17. The molecule has 0 aliphatic rings. The Kier molecular flexibility index (Phi) is 32.4. The number of hydrogen-bond donors (Lipinski definition) is 3. The quantitative estimate of drug-likeness (QED) is 0.151. The van der Waals surface area contributed by atoms with Gasteiger partial charge in [0.25, 0.3) is 0 Å². The maximum absolute atomic E-state index is 10.3. The molecule has 28 heavy (non-hydrogen) atoms. The second-order valence-electron chi connectivity index (χ2n) is 7.19. The molecule has 1 unspecified atom stereocenters. The van der Waals surface area contributed by atoms with Gasteiger partial charge in [-0.05, 0) is 24.3 Å². The molecule has 0 saturated carbocycles. The zero-order valence-corrected chi connectivity index (χ0v) is 20.2. The van der Waals surface area contributed by atoms with Gasteiger partial charge in [-0.25, -0.2) is 0 Å². The summed E-state index contributed by atoms with van der Waals surface area (Å²) in [5, 5.41) is 7.75. The summed E-state index contributed by atoms with van der Waals surface area (Å²) in [4.78, 5) is 8.51. The maximum Gasteiger partial charge on any atom is 0.316 e. The lowest BCUT2D eigenvalue weighted by molar-refractivity contribution is 0.283. The Bertz CT molecular complexity index is 298. The van der Waals surface area contributed by atoms with Gasteiger partial charge in [0.15, 0.2) is 0 Å². The fraction of sp³-hybridized carbons (Fsp3) is 1.00. The molecule has 0 amide bonds. The highest BCUT2D eigenvalue weighted by Gasteiger charge is 1.96. The molecule has 0 rings (SSSR count). The minimum atomic E-state index is -2.72. The normalized spacial score (nSPS) is 11.9. The van der Waals surface area contributed by atoms with Crippen LogP contribution in [0.1, 0.15) is 103 Å². The number of thioether (sulfide) groups is 1. The smallest absolute Gasteiger partial charge is 0.316 e. The molecule has 0 heterocycles. The number of rotatable bonds is 21. The first-order valence-electron chi connectivity index (χ1n) is 11.4. The maximum atomic E-state index is 10.3. The lowest BCUT2D eigenvalue weighted by Crippen LogP contribution is -2.02. The summed E-state index contributed by atoms with van der Waals surface area (Å²) in [7, 11) is -2.72. The lowest BCUT2D eigenvalue weighted by atomic mass is 10.0. The van der Waals surface area contributed by atoms with E-state index in [2.05, 4.69) is 11.4 Å². The summed E-state index contributed by atoms with van der Waals surface area (Å²) < 4.78 is 15.0. The van der Waals surface area contributed by atoms with Crippen molar-refractivity contribution < 1.29 is 19.1 Å². The molecule has 1 atom stereocenters. The third-order valence-corrected chi connectivity index (χ3v) is 6.04. The Hall–Kier alpha value is 0.420. The van der Waals surface area contributed by atoms with E-state index in [1.807, 2.05) is 11.8 Å². The Morgan fingerprint density at radius 3 is 1.57 bits per heavy atom. The molecule has 0 aromatic rings. The predicted molar refractivity (Wildman–Crippen MR) is 126 cm³/mol. The number of aliphatic hydroxyl groups excluding tert-OH is 1. The van der Waals surface area contributed by atoms with Crippen LogP contribution in [-0.2, 0) is 9.09 Å². The minimum Gasteiger partial charge on any atom is -0.395 e. The van der Waals surface area contributed by atoms with Crippen molar-refractivity contribution in [1.82, 2.24) is 0 Å². The van der Waals surface area contributed by atoms with Gasteiger partial charge in [0, 0.05) is 6.54 Å². The summed E-state index contributed by atoms with van der Waals surface area (Å²) >= 11 is 1.94. The van der Waals surface area contributed by atoms with Gasteiger partial charge in [0.2, 0.25) is 0 Å². The lowest BCUT2D eigenvalue weighted by Gasteiger charge is -2.04. The van der Waals surface area contributed by atoms with Gasteiger partial charge in [-0.15, -0.1) is 0 Å². The number of nitrogens with two attached hydrogens (primary N) is 1. The highest BCUT2D eigenvalue weighted by Crippen LogP contribution is 2.16. The first-order valence-corrected chi connectivity index (χ1v) is 13.8. The fourth-order valence-corrected chi connectivity index (χ4v) is 4.07. The van der Waals surface area contributed by atoms with Crippen LogP contribution in [0.3, 0.4) is 0 Å². The molecule has 7 heteroatoms. The van der Waals surface area contributed by atoms with Crippen LogP contribution in [0, 0.1) is 0 Å². The van der Waals surface area contributed by atoms with E-state index in [4.69, 9.17) is 15.7 Å². The Labute approximate surface area is 179 Å². The summed E-state index contributed by atoms with van der Waals surface area (Å²) in [6, 6.07) is 0. The van der Waals surface area contributed by atoms with Crippen molar-refractivity contribution >= 4 is 20.0 Å². The van der Waals surface area contributed by atoms with Crippen LogP contribution in [0.2, 0.25) is 0 Å². The Morgan fingerprint density at radius 1 is 0.786 bits per heavy atom. The first-order chi connectivity index (χ1) is 13.7. The standard InChI is InChI=1S/C19H41O3PS.C2H7NO/c1-2-3-4-5-6-7-8-9-10-11-12-13-14-15-18-24-19-16-17-22-23(20)21;3-1-2-4/h23H,2-19H2,1H3,(H,20,21);4H,1-3H2. The van der Waals surface area contributed by atoms with Crippen molar-refractivity contribution in [3.8, 4) is 0 Å². The van der Waals surface area contributed by atoms with E-state index in [1.54, 1.807) is 0 Å². The van der Waals surface area contributed by atoms with Crippen LogP contribution in [0.25, 0.3) is 0 Å². The molecular weight excluding hydrogens is 393 g/mol. The van der Waals surface area contributed by atoms with Gasteiger partial charge < -0.3 is 20.3 Å². The molecule has 0 radical (unpaired) electrons. The van der Waals surface area contributed by atoms with Crippen LogP contribution in [0.15, 0.2) is 0 Å². The van der Waals surface area contributed by atoms with Gasteiger partial charge in [-0.1, -0.05) is 90.4 Å². The van der Waals surface area contributed by atoms with E-state index < -0.39 is 8.25 Å². The topological polar surface area (TPSA) is 92.8 Å². The summed E-state index contributed by atoms with van der Waals surface area (Å²) in [5.41, 5.74) is 4.78. The van der Waals surface area contributed by atoms with Crippen molar-refractivity contribution in [1.29, 1.82) is 0 Å². The summed E-state index contributed by atoms with van der Waals surface area (Å²) in [6.07, 6.45) is 20.6. The van der Waals surface area contributed by atoms with Gasteiger partial charge in [0.05, 0.1) is 13.2 Å². The minimum absolute atomic E-state index is 0.0972. The monoisotopic (exact) mass is 441 g/mol. The van der Waals surface area contributed by atoms with Gasteiger partial charge in [0.1, 0.15) is 0 Å². The molecule has 0 aliphatic heterocycles. The van der Waals surface area contributed by atoms with Crippen LogP contribution >= 0.6 is 20.0 Å². The second-order valence-corrected chi connectivity index (χ2v) is 9.23. The molecule has 0 saturated heterocycles. The molecule has 0 aromatic carbocycles. The highest BCUT2D eigenvalue weighted by atomic mass is 32.2. The molecule has 0 spiro atoms. The van der Waals surface area contributed by atoms with Crippen molar-refractivity contribution in [3.05, 3.63) is 0 Å². The van der Waals surface area contributed by atoms with Gasteiger partial charge in [-0.3, -0.25) is 4.57 Å². The number of aliphatic hydroxyl groups is 1. The molecule has 172 valence electrons. The third-order valence-electron chi connectivity index (χ3n) is 4.43. The van der Waals surface area contributed by atoms with Crippen LogP contribution in [-0.4, -0.2) is 41.3 Å². The van der Waals surface area contributed by atoms with E-state index >= 15 is 0 Å². The fourth-order valence-electron chi connectivity index (χ4n) is 2.82. The summed E-state index contributed by atoms with van der Waals surface area (Å²) in [5.74, 6) is 2.25. The second kappa shape index (κ2) is 29.6. The largest absolute Gasteiger partial charge is 0.395 e. The number of hydrogen-bond acceptors (Lipinski definition) is 5. The molecule has 5 nitrogen and oxygen atoms in total. The van der Waals surface area contributed by atoms with Crippen molar-refractivity contribution in [2.75, 3.05) is 31.3 Å². The Balaban J connectivity index is 0. The van der Waals surface area contributed by atoms with Crippen LogP contribution < -0.4 is 5.73 Å². The van der Waals surface area contributed by atoms with Crippen LogP contribution in [0.5, 0.6) is 0 Å². The number of unbranched alkanes of at least 4 members (excludes halogenated alkanes) is 13. The molecular formula is C21H48NO4PS. The van der Waals surface area contributed by atoms with E-state index in [0.717, 1.165) is 12.2 Å². The predicted octanol–water partition coefficient (Wildman–Crippen LogP) is 5.93. The average molecular weight is 442 g/mol. The molecule has 0 fully saturated rings. The first kappa shape index (κ1) is 30.6. The van der Waals surface area contributed by atoms with Crippen LogP contribution in [0.4, 0.5) is 0 Å². The van der Waals surface area contributed by atoms with E-state index in [-0.39, 0.29) is 6.61 Å². The zero-order chi connectivity index (χ0) is 21.1. The average Bonchev–Trinajstić information content (AvgIpc) is 2.69. The Morgan fingerprint density at radius 2 is 1.18 bits per heavy atom. The van der Waals surface area contributed by atoms with E-state index in [9.17, 15) is 4.57 Å². The van der Waals surface area contributed by atoms with Crippen molar-refractivity contribution in [2.45, 2.75) is 103 Å². The van der Waals surface area contributed by atoms with Gasteiger partial charge >= 0.3 is 8.25 Å². The van der Waals surface area contributed by atoms with Gasteiger partial charge in [-0.2, -0.15) is 11.8 Å². The SMILES string of the molecule is CCCCCCCCCCCCCCCCSCCCO[PH](=O)O.NCCO. The molecule has 0 aliphatic carbocycles. The highest BCUT2D eigenvalue weighted by molar-refractivity contribution is 7.99. The zero-order valence-electron chi connectivity index (χ0n) is 18.3. The molecule has 0 bridgehead atoms. The van der Waals surface area contributed by atoms with E-state index in [1.165, 1.54) is 95.6 Å². The molecule has 0 aromatic heterocycles. The van der Waals surface area contributed by atoms with E-state index in [0.29, 0.717) is 13.2 Å². The van der Waals surface area contributed by atoms with Crippen molar-refractivity contribution in [3.63, 3.8) is 0 Å².